The number of nitrogens with one attached hydrogen (secondary N) is 3. The van der Waals surface area contributed by atoms with Gasteiger partial charge in [-0.1, -0.05) is 6.92 Å². The number of piperidine rings is 1. The predicted molar refractivity (Wildman–Crippen MR) is 88.2 cm³/mol. The number of hydrogen-bond acceptors (Lipinski definition) is 4. The summed E-state index contributed by atoms with van der Waals surface area (Å²) in [5, 5.41) is 13.2. The molecular formula is C16H27N5O2. The van der Waals surface area contributed by atoms with Crippen LogP contribution >= 0.6 is 0 Å². The van der Waals surface area contributed by atoms with Gasteiger partial charge >= 0.3 is 0 Å². The minimum absolute atomic E-state index is 0.0971. The third kappa shape index (κ3) is 4.79. The SMILES string of the molecule is CCC(C)NC(=O)C(C)NC(=O)c1ccn(C2CCCNC2)n1. The van der Waals surface area contributed by atoms with Crippen LogP contribution in [-0.4, -0.2) is 46.8 Å². The number of carbonyl (C=O) groups is 2. The standard InChI is InChI=1S/C16H27N5O2/c1-4-11(2)18-15(22)12(3)19-16(23)14-7-9-21(20-14)13-6-5-8-17-10-13/h7,9,11-13,17H,4-6,8,10H2,1-3H3,(H,18,22)(H,19,23). The molecule has 2 rings (SSSR count). The van der Waals surface area contributed by atoms with E-state index in [1.54, 1.807) is 13.0 Å². The Morgan fingerprint density at radius 2 is 2.22 bits per heavy atom. The summed E-state index contributed by atoms with van der Waals surface area (Å²) in [7, 11) is 0. The van der Waals surface area contributed by atoms with Gasteiger partial charge in [0.05, 0.1) is 6.04 Å². The maximum absolute atomic E-state index is 12.2. The number of aromatic nitrogens is 2. The van der Waals surface area contributed by atoms with Gasteiger partial charge < -0.3 is 16.0 Å². The molecule has 7 heteroatoms. The second kappa shape index (κ2) is 8.10. The van der Waals surface area contributed by atoms with Gasteiger partial charge in [-0.05, 0) is 45.7 Å². The minimum atomic E-state index is -0.585. The summed E-state index contributed by atoms with van der Waals surface area (Å²) in [6, 6.07) is 1.50. The Morgan fingerprint density at radius 1 is 1.43 bits per heavy atom. The zero-order valence-electron chi connectivity index (χ0n) is 14.1. The van der Waals surface area contributed by atoms with Crippen molar-refractivity contribution < 1.29 is 9.59 Å². The minimum Gasteiger partial charge on any atom is -0.352 e. The van der Waals surface area contributed by atoms with Crippen molar-refractivity contribution in [3.63, 3.8) is 0 Å². The predicted octanol–water partition coefficient (Wildman–Crippen LogP) is 0.841. The maximum atomic E-state index is 12.2. The molecule has 0 aliphatic carbocycles. The molecule has 128 valence electrons. The molecule has 0 saturated carbocycles. The van der Waals surface area contributed by atoms with E-state index in [4.69, 9.17) is 0 Å². The monoisotopic (exact) mass is 321 g/mol. The summed E-state index contributed by atoms with van der Waals surface area (Å²) < 4.78 is 1.84. The van der Waals surface area contributed by atoms with Crippen LogP contribution in [0.4, 0.5) is 0 Å². The van der Waals surface area contributed by atoms with E-state index in [9.17, 15) is 9.59 Å². The summed E-state index contributed by atoms with van der Waals surface area (Å²) in [5.74, 6) is -0.497. The van der Waals surface area contributed by atoms with Crippen molar-refractivity contribution in [2.45, 2.75) is 58.2 Å². The smallest absolute Gasteiger partial charge is 0.272 e. The van der Waals surface area contributed by atoms with E-state index >= 15 is 0 Å². The highest BCUT2D eigenvalue weighted by molar-refractivity contribution is 5.95. The van der Waals surface area contributed by atoms with Crippen molar-refractivity contribution in [2.24, 2.45) is 0 Å². The first-order chi connectivity index (χ1) is 11.0. The molecule has 1 aromatic heterocycles. The van der Waals surface area contributed by atoms with E-state index in [-0.39, 0.29) is 23.9 Å². The quantitative estimate of drug-likeness (QED) is 0.724. The van der Waals surface area contributed by atoms with Crippen molar-refractivity contribution in [1.29, 1.82) is 0 Å². The molecule has 3 unspecified atom stereocenters. The van der Waals surface area contributed by atoms with E-state index in [1.165, 1.54) is 0 Å². The van der Waals surface area contributed by atoms with Gasteiger partial charge in [-0.25, -0.2) is 0 Å². The number of rotatable bonds is 6. The molecule has 0 spiro atoms. The largest absolute Gasteiger partial charge is 0.352 e. The molecular weight excluding hydrogens is 294 g/mol. The van der Waals surface area contributed by atoms with Crippen LogP contribution in [0, 0.1) is 0 Å². The maximum Gasteiger partial charge on any atom is 0.272 e. The average molecular weight is 321 g/mol. The van der Waals surface area contributed by atoms with Gasteiger partial charge in [-0.2, -0.15) is 5.10 Å². The highest BCUT2D eigenvalue weighted by Crippen LogP contribution is 2.15. The average Bonchev–Trinajstić information content (AvgIpc) is 3.05. The first kappa shape index (κ1) is 17.5. The third-order valence-corrected chi connectivity index (χ3v) is 4.23. The lowest BCUT2D eigenvalue weighted by molar-refractivity contribution is -0.123. The van der Waals surface area contributed by atoms with Gasteiger partial charge in [0.25, 0.3) is 5.91 Å². The highest BCUT2D eigenvalue weighted by atomic mass is 16.2. The van der Waals surface area contributed by atoms with Crippen LogP contribution in [0.15, 0.2) is 12.3 Å². The normalized spacial score (nSPS) is 20.6. The Bertz CT molecular complexity index is 536. The lowest BCUT2D eigenvalue weighted by Crippen LogP contribution is -2.47. The Kier molecular flexibility index (Phi) is 6.15. The van der Waals surface area contributed by atoms with E-state index in [0.29, 0.717) is 5.69 Å². The number of nitrogens with zero attached hydrogens (tertiary/aromatic N) is 2. The molecule has 3 N–H and O–H groups in total. The van der Waals surface area contributed by atoms with Crippen molar-refractivity contribution in [1.82, 2.24) is 25.7 Å². The Morgan fingerprint density at radius 3 is 2.87 bits per heavy atom. The first-order valence-electron chi connectivity index (χ1n) is 8.38. The van der Waals surface area contributed by atoms with Crippen LogP contribution in [0.5, 0.6) is 0 Å². The molecule has 0 radical (unpaired) electrons. The molecule has 7 nitrogen and oxygen atoms in total. The van der Waals surface area contributed by atoms with Gasteiger partial charge in [0.15, 0.2) is 0 Å². The van der Waals surface area contributed by atoms with E-state index in [1.807, 2.05) is 24.7 Å². The van der Waals surface area contributed by atoms with Gasteiger partial charge in [0.2, 0.25) is 5.91 Å². The Hall–Kier alpha value is -1.89. The fraction of sp³-hybridized carbons (Fsp3) is 0.688. The van der Waals surface area contributed by atoms with Crippen LogP contribution in [0.3, 0.4) is 0 Å². The second-order valence-corrected chi connectivity index (χ2v) is 6.19. The molecule has 1 saturated heterocycles. The van der Waals surface area contributed by atoms with Crippen LogP contribution in [0.2, 0.25) is 0 Å². The van der Waals surface area contributed by atoms with E-state index < -0.39 is 6.04 Å². The Balaban J connectivity index is 1.90. The van der Waals surface area contributed by atoms with Crippen molar-refractivity contribution in [3.8, 4) is 0 Å². The van der Waals surface area contributed by atoms with Gasteiger partial charge in [-0.3, -0.25) is 14.3 Å². The molecule has 2 amide bonds. The number of hydrogen-bond donors (Lipinski definition) is 3. The number of amides is 2. The molecule has 0 aromatic carbocycles. The van der Waals surface area contributed by atoms with Gasteiger partial charge in [-0.15, -0.1) is 0 Å². The summed E-state index contributed by atoms with van der Waals surface area (Å²) >= 11 is 0. The van der Waals surface area contributed by atoms with Gasteiger partial charge in [0, 0.05) is 18.8 Å². The molecule has 1 aliphatic rings. The first-order valence-corrected chi connectivity index (χ1v) is 8.38. The molecule has 0 bridgehead atoms. The molecule has 2 heterocycles. The molecule has 1 fully saturated rings. The topological polar surface area (TPSA) is 88.0 Å². The molecule has 1 aromatic rings. The van der Waals surface area contributed by atoms with E-state index in [0.717, 1.165) is 32.4 Å². The van der Waals surface area contributed by atoms with Crippen LogP contribution < -0.4 is 16.0 Å². The number of carbonyl (C=O) groups excluding carboxylic acids is 2. The lowest BCUT2D eigenvalue weighted by atomic mass is 10.1. The summed E-state index contributed by atoms with van der Waals surface area (Å²) in [4.78, 5) is 24.2. The zero-order chi connectivity index (χ0) is 16.8. The third-order valence-electron chi connectivity index (χ3n) is 4.23. The highest BCUT2D eigenvalue weighted by Gasteiger charge is 2.21. The summed E-state index contributed by atoms with van der Waals surface area (Å²) in [5.41, 5.74) is 0.346. The van der Waals surface area contributed by atoms with Crippen molar-refractivity contribution in [2.75, 3.05) is 13.1 Å². The Labute approximate surface area is 137 Å². The van der Waals surface area contributed by atoms with Crippen molar-refractivity contribution >= 4 is 11.8 Å². The summed E-state index contributed by atoms with van der Waals surface area (Å²) in [6.07, 6.45) is 4.85. The molecule has 23 heavy (non-hydrogen) atoms. The summed E-state index contributed by atoms with van der Waals surface area (Å²) in [6.45, 7) is 7.52. The van der Waals surface area contributed by atoms with Crippen LogP contribution in [0.25, 0.3) is 0 Å². The van der Waals surface area contributed by atoms with E-state index in [2.05, 4.69) is 21.0 Å². The van der Waals surface area contributed by atoms with Gasteiger partial charge in [0.1, 0.15) is 11.7 Å². The molecule has 1 aliphatic heterocycles. The molecule has 3 atom stereocenters. The fourth-order valence-corrected chi connectivity index (χ4v) is 2.53. The fourth-order valence-electron chi connectivity index (χ4n) is 2.53. The van der Waals surface area contributed by atoms with Crippen LogP contribution in [0.1, 0.15) is 56.6 Å². The van der Waals surface area contributed by atoms with Crippen molar-refractivity contribution in [3.05, 3.63) is 18.0 Å². The lowest BCUT2D eigenvalue weighted by Gasteiger charge is -2.22. The zero-order valence-corrected chi connectivity index (χ0v) is 14.1. The second-order valence-electron chi connectivity index (χ2n) is 6.19. The van der Waals surface area contributed by atoms with Crippen LogP contribution in [-0.2, 0) is 4.79 Å².